The van der Waals surface area contributed by atoms with Crippen LogP contribution in [0, 0.1) is 0 Å². The number of halogens is 2. The first-order valence-corrected chi connectivity index (χ1v) is 6.42. The molecule has 1 rings (SSSR count). The lowest BCUT2D eigenvalue weighted by Gasteiger charge is -2.27. The van der Waals surface area contributed by atoms with Crippen LogP contribution in [0.15, 0.2) is 28.7 Å². The number of amides is 1. The Morgan fingerprint density at radius 2 is 2.00 bits per heavy atom. The highest BCUT2D eigenvalue weighted by Gasteiger charge is 2.23. The van der Waals surface area contributed by atoms with Gasteiger partial charge in [-0.1, -0.05) is 48.0 Å². The van der Waals surface area contributed by atoms with Gasteiger partial charge in [0.1, 0.15) is 0 Å². The summed E-state index contributed by atoms with van der Waals surface area (Å²) in [6.07, 6.45) is 0. The summed E-state index contributed by atoms with van der Waals surface area (Å²) in [5.74, 6) is -0.120. The number of hydrogen-bond acceptors (Lipinski definition) is 2. The van der Waals surface area contributed by atoms with Gasteiger partial charge in [-0.15, -0.1) is 12.4 Å². The second-order valence-electron chi connectivity index (χ2n) is 4.87. The van der Waals surface area contributed by atoms with E-state index in [0.717, 1.165) is 4.47 Å². The number of benzene rings is 1. The highest BCUT2D eigenvalue weighted by molar-refractivity contribution is 9.10. The molecule has 102 valence electrons. The van der Waals surface area contributed by atoms with Gasteiger partial charge < -0.3 is 11.1 Å². The summed E-state index contributed by atoms with van der Waals surface area (Å²) in [6.45, 7) is 6.43. The average Bonchev–Trinajstić information content (AvgIpc) is 2.26. The summed E-state index contributed by atoms with van der Waals surface area (Å²) in [7, 11) is 0. The summed E-state index contributed by atoms with van der Waals surface area (Å²) in [5.41, 5.74) is 6.55. The van der Waals surface area contributed by atoms with E-state index in [-0.39, 0.29) is 23.7 Å². The Hall–Kier alpha value is -0.580. The van der Waals surface area contributed by atoms with Crippen molar-refractivity contribution in [2.75, 3.05) is 6.54 Å². The monoisotopic (exact) mass is 334 g/mol. The van der Waals surface area contributed by atoms with E-state index in [0.29, 0.717) is 6.54 Å². The molecule has 0 heterocycles. The molecule has 0 radical (unpaired) electrons. The van der Waals surface area contributed by atoms with Gasteiger partial charge in [0.05, 0.1) is 6.04 Å². The number of carbonyl (C=O) groups is 1. The summed E-state index contributed by atoms with van der Waals surface area (Å²) >= 11 is 3.53. The highest BCUT2D eigenvalue weighted by atomic mass is 79.9. The number of rotatable bonds is 4. The maximum Gasteiger partial charge on any atom is 0.236 e. The molecule has 0 fully saturated rings. The third kappa shape index (κ3) is 4.59. The van der Waals surface area contributed by atoms with Gasteiger partial charge in [0.15, 0.2) is 0 Å². The Morgan fingerprint density at radius 1 is 1.44 bits per heavy atom. The van der Waals surface area contributed by atoms with Gasteiger partial charge >= 0.3 is 0 Å². The Labute approximate surface area is 123 Å². The van der Waals surface area contributed by atoms with Crippen LogP contribution < -0.4 is 11.1 Å². The fourth-order valence-electron chi connectivity index (χ4n) is 1.57. The van der Waals surface area contributed by atoms with Crippen molar-refractivity contribution < 1.29 is 4.79 Å². The van der Waals surface area contributed by atoms with E-state index in [1.165, 1.54) is 5.56 Å². The third-order valence-corrected chi connectivity index (χ3v) is 3.41. The first-order chi connectivity index (χ1) is 7.84. The lowest BCUT2D eigenvalue weighted by atomic mass is 9.84. The molecule has 1 atom stereocenters. The molecule has 1 amide bonds. The molecule has 3 N–H and O–H groups in total. The molecule has 3 nitrogen and oxygen atoms in total. The van der Waals surface area contributed by atoms with Gasteiger partial charge in [-0.2, -0.15) is 0 Å². The van der Waals surface area contributed by atoms with Crippen LogP contribution in [0.3, 0.4) is 0 Å². The maximum atomic E-state index is 11.5. The zero-order chi connectivity index (χ0) is 13.1. The molecule has 1 aromatic carbocycles. The van der Waals surface area contributed by atoms with Gasteiger partial charge in [-0.3, -0.25) is 4.79 Å². The van der Waals surface area contributed by atoms with Crippen LogP contribution in [-0.4, -0.2) is 18.5 Å². The van der Waals surface area contributed by atoms with Crippen LogP contribution in [0.5, 0.6) is 0 Å². The van der Waals surface area contributed by atoms with Crippen molar-refractivity contribution in [2.24, 2.45) is 5.73 Å². The normalized spacial score (nSPS) is 12.5. The van der Waals surface area contributed by atoms with E-state index >= 15 is 0 Å². The summed E-state index contributed by atoms with van der Waals surface area (Å²) in [4.78, 5) is 11.5. The smallest absolute Gasteiger partial charge is 0.236 e. The highest BCUT2D eigenvalue weighted by Crippen LogP contribution is 2.29. The van der Waals surface area contributed by atoms with Crippen LogP contribution in [-0.2, 0) is 10.2 Å². The molecule has 0 saturated heterocycles. The van der Waals surface area contributed by atoms with Crippen molar-refractivity contribution in [3.05, 3.63) is 34.3 Å². The Bertz CT molecular complexity index is 408. The Balaban J connectivity index is 0.00000289. The lowest BCUT2D eigenvalue weighted by Crippen LogP contribution is -2.43. The van der Waals surface area contributed by atoms with Crippen molar-refractivity contribution in [3.8, 4) is 0 Å². The van der Waals surface area contributed by atoms with Crippen LogP contribution in [0.1, 0.15) is 26.3 Å². The minimum absolute atomic E-state index is 0. The van der Waals surface area contributed by atoms with Crippen molar-refractivity contribution in [2.45, 2.75) is 32.2 Å². The van der Waals surface area contributed by atoms with E-state index in [1.807, 2.05) is 18.2 Å². The molecule has 1 aromatic rings. The fourth-order valence-corrected chi connectivity index (χ4v) is 2.40. The van der Waals surface area contributed by atoms with Gasteiger partial charge in [-0.25, -0.2) is 0 Å². The second kappa shape index (κ2) is 7.12. The maximum absolute atomic E-state index is 11.5. The first kappa shape index (κ1) is 17.4. The van der Waals surface area contributed by atoms with E-state index in [4.69, 9.17) is 5.73 Å². The molecule has 5 heteroatoms. The number of carbonyl (C=O) groups excluding carboxylic acids is 1. The zero-order valence-electron chi connectivity index (χ0n) is 10.9. The molecule has 0 saturated carbocycles. The van der Waals surface area contributed by atoms with Crippen molar-refractivity contribution in [1.29, 1.82) is 0 Å². The second-order valence-corrected chi connectivity index (χ2v) is 5.72. The van der Waals surface area contributed by atoms with Crippen molar-refractivity contribution in [1.82, 2.24) is 5.32 Å². The molecule has 0 aliphatic carbocycles. The molecule has 0 spiro atoms. The van der Waals surface area contributed by atoms with Crippen LogP contribution in [0.4, 0.5) is 0 Å². The van der Waals surface area contributed by atoms with Gasteiger partial charge in [-0.05, 0) is 18.6 Å². The third-order valence-electron chi connectivity index (χ3n) is 2.72. The number of hydrogen-bond donors (Lipinski definition) is 2. The minimum Gasteiger partial charge on any atom is -0.354 e. The van der Waals surface area contributed by atoms with E-state index in [2.05, 4.69) is 41.2 Å². The zero-order valence-corrected chi connectivity index (χ0v) is 13.3. The molecule has 0 aliphatic heterocycles. The standard InChI is InChI=1S/C13H19BrN2O.ClH/c1-9(15)12(17)16-8-13(2,3)10-6-4-5-7-11(10)14;/h4-7,9H,8,15H2,1-3H3,(H,16,17);1H/t9-;/m1./s1. The largest absolute Gasteiger partial charge is 0.354 e. The minimum atomic E-state index is -0.468. The van der Waals surface area contributed by atoms with Gasteiger partial charge in [0, 0.05) is 16.4 Å². The fraction of sp³-hybridized carbons (Fsp3) is 0.462. The molecular formula is C13H20BrClN2O. The Morgan fingerprint density at radius 3 is 2.50 bits per heavy atom. The molecule has 18 heavy (non-hydrogen) atoms. The molecule has 0 aromatic heterocycles. The molecule has 0 aliphatic rings. The van der Waals surface area contributed by atoms with Gasteiger partial charge in [0.25, 0.3) is 0 Å². The molecule has 0 unspecified atom stereocenters. The Kier molecular flexibility index (Phi) is 6.89. The van der Waals surface area contributed by atoms with Gasteiger partial charge in [0.2, 0.25) is 5.91 Å². The number of nitrogens with two attached hydrogens (primary N) is 1. The topological polar surface area (TPSA) is 55.1 Å². The summed E-state index contributed by atoms with van der Waals surface area (Å²) < 4.78 is 1.06. The van der Waals surface area contributed by atoms with Crippen LogP contribution in [0.25, 0.3) is 0 Å². The van der Waals surface area contributed by atoms with Crippen molar-refractivity contribution >= 4 is 34.2 Å². The van der Waals surface area contributed by atoms with E-state index in [9.17, 15) is 4.79 Å². The van der Waals surface area contributed by atoms with Crippen molar-refractivity contribution in [3.63, 3.8) is 0 Å². The quantitative estimate of drug-likeness (QED) is 0.888. The molecule has 0 bridgehead atoms. The predicted octanol–water partition coefficient (Wildman–Crippen LogP) is 2.61. The average molecular weight is 336 g/mol. The molecular weight excluding hydrogens is 316 g/mol. The van der Waals surface area contributed by atoms with E-state index < -0.39 is 6.04 Å². The first-order valence-electron chi connectivity index (χ1n) is 5.63. The lowest BCUT2D eigenvalue weighted by molar-refractivity contribution is -0.122. The SMILES string of the molecule is C[C@@H](N)C(=O)NCC(C)(C)c1ccccc1Br.Cl. The van der Waals surface area contributed by atoms with Crippen LogP contribution >= 0.6 is 28.3 Å². The van der Waals surface area contributed by atoms with Crippen LogP contribution in [0.2, 0.25) is 0 Å². The predicted molar refractivity (Wildman–Crippen MR) is 81.1 cm³/mol. The van der Waals surface area contributed by atoms with E-state index in [1.54, 1.807) is 6.92 Å². The summed E-state index contributed by atoms with van der Waals surface area (Å²) in [5, 5.41) is 2.86. The summed E-state index contributed by atoms with van der Waals surface area (Å²) in [6, 6.07) is 7.57. The number of nitrogens with one attached hydrogen (secondary N) is 1.